The van der Waals surface area contributed by atoms with E-state index in [0.29, 0.717) is 5.92 Å². The van der Waals surface area contributed by atoms with Crippen LogP contribution in [-0.2, 0) is 0 Å². The van der Waals surface area contributed by atoms with Crippen molar-refractivity contribution in [2.75, 3.05) is 27.7 Å². The molecule has 2 N–H and O–H groups in total. The van der Waals surface area contributed by atoms with Gasteiger partial charge in [-0.3, -0.25) is 0 Å². The van der Waals surface area contributed by atoms with E-state index in [1.54, 1.807) is 0 Å². The molecule has 0 amide bonds. The summed E-state index contributed by atoms with van der Waals surface area (Å²) in [5, 5.41) is 0. The molecule has 0 aliphatic carbocycles. The number of hydrogen-bond donors (Lipinski definition) is 1. The third-order valence-electron chi connectivity index (χ3n) is 0.471. The van der Waals surface area contributed by atoms with Crippen LogP contribution in [0.3, 0.4) is 0 Å². The first-order valence-electron chi connectivity index (χ1n) is 3.31. The first-order chi connectivity index (χ1) is 4.00. The zero-order valence-corrected chi connectivity index (χ0v) is 7.31. The monoisotopic (exact) mass is 132 g/mol. The lowest BCUT2D eigenvalue weighted by Crippen LogP contribution is -2.05. The summed E-state index contributed by atoms with van der Waals surface area (Å²) in [6.07, 6.45) is 0. The van der Waals surface area contributed by atoms with Crippen molar-refractivity contribution in [3.63, 3.8) is 0 Å². The Morgan fingerprint density at radius 1 is 1.22 bits per heavy atom. The zero-order chi connectivity index (χ0) is 7.86. The summed E-state index contributed by atoms with van der Waals surface area (Å²) < 4.78 is 0. The first kappa shape index (κ1) is 11.7. The Bertz CT molecular complexity index is 39.4. The van der Waals surface area contributed by atoms with Crippen molar-refractivity contribution in [2.24, 2.45) is 11.7 Å². The Balaban J connectivity index is 0. The fourth-order valence-corrected chi connectivity index (χ4v) is 0. The number of nitrogens with zero attached hydrogens (tertiary/aromatic N) is 1. The van der Waals surface area contributed by atoms with Gasteiger partial charge in [0.15, 0.2) is 0 Å². The van der Waals surface area contributed by atoms with Crippen molar-refractivity contribution < 1.29 is 0 Å². The van der Waals surface area contributed by atoms with Crippen molar-refractivity contribution in [3.05, 3.63) is 0 Å². The Morgan fingerprint density at radius 3 is 1.33 bits per heavy atom. The maximum absolute atomic E-state index is 5.17. The molecule has 0 aliphatic rings. The van der Waals surface area contributed by atoms with Gasteiger partial charge in [-0.1, -0.05) is 13.8 Å². The highest BCUT2D eigenvalue weighted by atomic mass is 15.0. The van der Waals surface area contributed by atoms with E-state index in [9.17, 15) is 0 Å². The minimum absolute atomic E-state index is 0.662. The summed E-state index contributed by atoms with van der Waals surface area (Å²) >= 11 is 0. The Morgan fingerprint density at radius 2 is 1.33 bits per heavy atom. The maximum atomic E-state index is 5.17. The van der Waals surface area contributed by atoms with Crippen molar-refractivity contribution in [1.29, 1.82) is 0 Å². The molecule has 0 radical (unpaired) electrons. The minimum Gasteiger partial charge on any atom is -0.330 e. The lowest BCUT2D eigenvalue weighted by molar-refractivity contribution is 0.505. The maximum Gasteiger partial charge on any atom is -0.00541 e. The molecular formula is C7H20N2. The molecule has 2 nitrogen and oxygen atoms in total. The fraction of sp³-hybridized carbons (Fsp3) is 1.00. The highest BCUT2D eigenvalue weighted by Crippen LogP contribution is 1.81. The van der Waals surface area contributed by atoms with Crippen LogP contribution in [0.4, 0.5) is 0 Å². The van der Waals surface area contributed by atoms with Crippen LogP contribution >= 0.6 is 0 Å². The molecule has 0 aromatic carbocycles. The van der Waals surface area contributed by atoms with Gasteiger partial charge in [0, 0.05) is 0 Å². The van der Waals surface area contributed by atoms with Gasteiger partial charge in [-0.2, -0.15) is 0 Å². The lowest BCUT2D eigenvalue weighted by Gasteiger charge is -1.91. The molecule has 0 heterocycles. The summed E-state index contributed by atoms with van der Waals surface area (Å²) in [5.74, 6) is 0.662. The van der Waals surface area contributed by atoms with Crippen molar-refractivity contribution in [1.82, 2.24) is 4.90 Å². The number of rotatable bonds is 1. The van der Waals surface area contributed by atoms with Gasteiger partial charge in [-0.05, 0) is 33.6 Å². The second-order valence-electron chi connectivity index (χ2n) is 2.97. The van der Waals surface area contributed by atoms with Crippen LogP contribution in [0.15, 0.2) is 0 Å². The van der Waals surface area contributed by atoms with Crippen LogP contribution in [0.5, 0.6) is 0 Å². The predicted octanol–water partition coefficient (Wildman–Crippen LogP) is 0.779. The van der Waals surface area contributed by atoms with E-state index in [4.69, 9.17) is 5.73 Å². The van der Waals surface area contributed by atoms with Gasteiger partial charge in [0.2, 0.25) is 0 Å². The van der Waals surface area contributed by atoms with Crippen LogP contribution in [-0.4, -0.2) is 32.6 Å². The highest BCUT2D eigenvalue weighted by Gasteiger charge is 1.80. The first-order valence-corrected chi connectivity index (χ1v) is 3.31. The lowest BCUT2D eigenvalue weighted by atomic mass is 10.2. The summed E-state index contributed by atoms with van der Waals surface area (Å²) in [6, 6.07) is 0. The molecule has 0 unspecified atom stereocenters. The van der Waals surface area contributed by atoms with Gasteiger partial charge in [0.05, 0.1) is 0 Å². The normalized spacial score (nSPS) is 9.33. The third kappa shape index (κ3) is 75.3. The van der Waals surface area contributed by atoms with Crippen LogP contribution in [0, 0.1) is 5.92 Å². The molecule has 0 aromatic heterocycles. The van der Waals surface area contributed by atoms with E-state index in [2.05, 4.69) is 13.8 Å². The largest absolute Gasteiger partial charge is 0.330 e. The van der Waals surface area contributed by atoms with E-state index in [-0.39, 0.29) is 0 Å². The quantitative estimate of drug-likeness (QED) is 0.571. The van der Waals surface area contributed by atoms with Crippen LogP contribution in [0.2, 0.25) is 0 Å². The van der Waals surface area contributed by atoms with E-state index >= 15 is 0 Å². The van der Waals surface area contributed by atoms with Gasteiger partial charge < -0.3 is 10.6 Å². The highest BCUT2D eigenvalue weighted by molar-refractivity contribution is 4.38. The molecule has 0 saturated heterocycles. The number of nitrogens with two attached hydrogens (primary N) is 1. The van der Waals surface area contributed by atoms with Gasteiger partial charge in [0.25, 0.3) is 0 Å². The second kappa shape index (κ2) is 7.92. The van der Waals surface area contributed by atoms with Gasteiger partial charge in [-0.15, -0.1) is 0 Å². The topological polar surface area (TPSA) is 29.3 Å². The van der Waals surface area contributed by atoms with Crippen molar-refractivity contribution >= 4 is 0 Å². The van der Waals surface area contributed by atoms with Crippen LogP contribution < -0.4 is 5.73 Å². The predicted molar refractivity (Wildman–Crippen MR) is 43.5 cm³/mol. The zero-order valence-electron chi connectivity index (χ0n) is 7.31. The van der Waals surface area contributed by atoms with E-state index < -0.39 is 0 Å². The van der Waals surface area contributed by atoms with Crippen LogP contribution in [0.1, 0.15) is 13.8 Å². The second-order valence-corrected chi connectivity index (χ2v) is 2.97. The fourth-order valence-electron chi connectivity index (χ4n) is 0. The molecule has 2 heteroatoms. The molecule has 0 aliphatic heterocycles. The Hall–Kier alpha value is -0.0800. The Labute approximate surface area is 59.0 Å². The van der Waals surface area contributed by atoms with E-state index in [0.717, 1.165) is 6.54 Å². The van der Waals surface area contributed by atoms with E-state index in [1.807, 2.05) is 26.0 Å². The number of hydrogen-bond acceptors (Lipinski definition) is 2. The molecule has 0 spiro atoms. The molecule has 58 valence electrons. The minimum atomic E-state index is 0.662. The van der Waals surface area contributed by atoms with E-state index in [1.165, 1.54) is 0 Å². The van der Waals surface area contributed by atoms with Crippen molar-refractivity contribution in [3.8, 4) is 0 Å². The molecular weight excluding hydrogens is 112 g/mol. The molecule has 9 heavy (non-hydrogen) atoms. The van der Waals surface area contributed by atoms with Gasteiger partial charge in [0.1, 0.15) is 0 Å². The van der Waals surface area contributed by atoms with Gasteiger partial charge >= 0.3 is 0 Å². The molecule has 0 fully saturated rings. The molecule has 0 saturated carbocycles. The average molecular weight is 132 g/mol. The smallest absolute Gasteiger partial charge is 0.00541 e. The summed E-state index contributed by atoms with van der Waals surface area (Å²) in [4.78, 5) is 2.00. The SMILES string of the molecule is CC(C)CN.CN(C)C. The van der Waals surface area contributed by atoms with Crippen molar-refractivity contribution in [2.45, 2.75) is 13.8 Å². The van der Waals surface area contributed by atoms with Gasteiger partial charge in [-0.25, -0.2) is 0 Å². The molecule has 0 bridgehead atoms. The van der Waals surface area contributed by atoms with Crippen LogP contribution in [0.25, 0.3) is 0 Å². The summed E-state index contributed by atoms with van der Waals surface area (Å²) in [5.41, 5.74) is 5.17. The summed E-state index contributed by atoms with van der Waals surface area (Å²) in [6.45, 7) is 5.00. The molecule has 0 rings (SSSR count). The standard InChI is InChI=1S/C4H11N.C3H9N/c1-4(2)3-5;1-4(2)3/h4H,3,5H2,1-2H3;1-3H3. The summed E-state index contributed by atoms with van der Waals surface area (Å²) in [7, 11) is 6.00. The Kier molecular flexibility index (Phi) is 10.3. The molecule has 0 atom stereocenters. The average Bonchev–Trinajstić information content (AvgIpc) is 1.65. The third-order valence-corrected chi connectivity index (χ3v) is 0.471. The molecule has 0 aromatic rings.